The van der Waals surface area contributed by atoms with Crippen molar-refractivity contribution in [2.45, 2.75) is 45.8 Å². The molecule has 2 aromatic rings. The lowest BCUT2D eigenvalue weighted by Crippen LogP contribution is -2.43. The van der Waals surface area contributed by atoms with E-state index < -0.39 is 0 Å². The van der Waals surface area contributed by atoms with Crippen molar-refractivity contribution in [2.24, 2.45) is 0 Å². The zero-order valence-electron chi connectivity index (χ0n) is 13.5. The van der Waals surface area contributed by atoms with E-state index in [1.165, 1.54) is 10.9 Å². The van der Waals surface area contributed by atoms with Crippen LogP contribution in [0.5, 0.6) is 0 Å². The molecule has 2 rings (SSSR count). The Hall–Kier alpha value is -1.45. The average molecular weight is 286 g/mol. The Morgan fingerprint density at radius 2 is 2.05 bits per heavy atom. The second-order valence-corrected chi connectivity index (χ2v) is 5.55. The molecular weight excluding hydrogens is 260 g/mol. The van der Waals surface area contributed by atoms with E-state index in [0.29, 0.717) is 0 Å². The molecule has 0 saturated carbocycles. The monoisotopic (exact) mass is 286 g/mol. The molecule has 0 bridgehead atoms. The summed E-state index contributed by atoms with van der Waals surface area (Å²) in [6.07, 6.45) is 2.80. The van der Waals surface area contributed by atoms with E-state index in [-0.39, 0.29) is 11.6 Å². The molecule has 114 valence electrons. The minimum atomic E-state index is -0.208. The van der Waals surface area contributed by atoms with E-state index in [4.69, 9.17) is 4.74 Å². The quantitative estimate of drug-likeness (QED) is 0.832. The first-order chi connectivity index (χ1) is 10.1. The molecule has 0 aliphatic heterocycles. The Kier molecular flexibility index (Phi) is 5.32. The van der Waals surface area contributed by atoms with Gasteiger partial charge in [-0.1, -0.05) is 26.0 Å². The molecule has 21 heavy (non-hydrogen) atoms. The van der Waals surface area contributed by atoms with Crippen molar-refractivity contribution in [3.63, 3.8) is 0 Å². The molecule has 3 nitrogen and oxygen atoms in total. The van der Waals surface area contributed by atoms with Crippen LogP contribution in [0.25, 0.3) is 10.9 Å². The van der Waals surface area contributed by atoms with Crippen LogP contribution in [-0.4, -0.2) is 23.7 Å². The predicted molar refractivity (Wildman–Crippen MR) is 88.5 cm³/mol. The largest absolute Gasteiger partial charge is 0.374 e. The maximum atomic E-state index is 6.08. The minimum Gasteiger partial charge on any atom is -0.374 e. The summed E-state index contributed by atoms with van der Waals surface area (Å²) in [4.78, 5) is 4.39. The Labute approximate surface area is 127 Å². The second-order valence-electron chi connectivity index (χ2n) is 5.55. The number of fused-ring (bicyclic) bond motifs is 1. The standard InChI is InChI=1S/C18H26N2O/c1-5-18(4,21-7-3)17(19-6-2)15-10-11-16-14(13-15)9-8-12-20-16/h8-13,17,19H,5-7H2,1-4H3. The number of nitrogens with zero attached hydrogens (tertiary/aromatic N) is 1. The van der Waals surface area contributed by atoms with Crippen LogP contribution in [0.15, 0.2) is 36.5 Å². The number of ether oxygens (including phenoxy) is 1. The molecule has 0 radical (unpaired) electrons. The molecule has 2 unspecified atom stereocenters. The molecular formula is C18H26N2O. The summed E-state index contributed by atoms with van der Waals surface area (Å²) < 4.78 is 6.08. The van der Waals surface area contributed by atoms with Gasteiger partial charge in [0.25, 0.3) is 0 Å². The smallest absolute Gasteiger partial charge is 0.0845 e. The van der Waals surface area contributed by atoms with Gasteiger partial charge in [0.05, 0.1) is 17.2 Å². The summed E-state index contributed by atoms with van der Waals surface area (Å²) in [7, 11) is 0. The van der Waals surface area contributed by atoms with Crippen LogP contribution in [0.2, 0.25) is 0 Å². The van der Waals surface area contributed by atoms with Gasteiger partial charge < -0.3 is 10.1 Å². The number of hydrogen-bond acceptors (Lipinski definition) is 3. The highest BCUT2D eigenvalue weighted by atomic mass is 16.5. The fraction of sp³-hybridized carbons (Fsp3) is 0.500. The summed E-state index contributed by atoms with van der Waals surface area (Å²) in [5.74, 6) is 0. The van der Waals surface area contributed by atoms with Gasteiger partial charge in [-0.2, -0.15) is 0 Å². The SMILES string of the molecule is CCNC(c1ccc2ncccc2c1)C(C)(CC)OCC. The summed E-state index contributed by atoms with van der Waals surface area (Å²) in [5, 5.41) is 4.77. The second kappa shape index (κ2) is 7.01. The zero-order chi connectivity index (χ0) is 15.3. The Morgan fingerprint density at radius 1 is 1.24 bits per heavy atom. The molecule has 1 aromatic carbocycles. The summed E-state index contributed by atoms with van der Waals surface area (Å²) >= 11 is 0. The zero-order valence-corrected chi connectivity index (χ0v) is 13.5. The first kappa shape index (κ1) is 15.9. The van der Waals surface area contributed by atoms with E-state index in [0.717, 1.165) is 25.1 Å². The van der Waals surface area contributed by atoms with Crippen molar-refractivity contribution in [1.29, 1.82) is 0 Å². The van der Waals surface area contributed by atoms with Gasteiger partial charge in [-0.3, -0.25) is 4.98 Å². The number of hydrogen-bond donors (Lipinski definition) is 1. The van der Waals surface area contributed by atoms with Crippen molar-refractivity contribution in [3.05, 3.63) is 42.1 Å². The number of pyridine rings is 1. The van der Waals surface area contributed by atoms with Gasteiger partial charge in [0.2, 0.25) is 0 Å². The Balaban J connectivity index is 2.43. The van der Waals surface area contributed by atoms with Crippen LogP contribution in [0.3, 0.4) is 0 Å². The summed E-state index contributed by atoms with van der Waals surface area (Å²) in [6, 6.07) is 10.8. The highest BCUT2D eigenvalue weighted by molar-refractivity contribution is 5.79. The van der Waals surface area contributed by atoms with Crippen molar-refractivity contribution >= 4 is 10.9 Å². The molecule has 0 fully saturated rings. The molecule has 3 heteroatoms. The van der Waals surface area contributed by atoms with E-state index in [9.17, 15) is 0 Å². The molecule has 0 saturated heterocycles. The van der Waals surface area contributed by atoms with Crippen LogP contribution in [-0.2, 0) is 4.74 Å². The van der Waals surface area contributed by atoms with Crippen LogP contribution < -0.4 is 5.32 Å². The lowest BCUT2D eigenvalue weighted by Gasteiger charge is -2.37. The molecule has 0 aliphatic carbocycles. The molecule has 0 aliphatic rings. The van der Waals surface area contributed by atoms with Crippen LogP contribution in [0, 0.1) is 0 Å². The van der Waals surface area contributed by atoms with Crippen molar-refractivity contribution in [2.75, 3.05) is 13.2 Å². The van der Waals surface area contributed by atoms with Gasteiger partial charge in [0.1, 0.15) is 0 Å². The van der Waals surface area contributed by atoms with Crippen molar-refractivity contribution in [1.82, 2.24) is 10.3 Å². The number of aromatic nitrogens is 1. The van der Waals surface area contributed by atoms with Gasteiger partial charge in [-0.05, 0) is 50.6 Å². The van der Waals surface area contributed by atoms with Gasteiger partial charge >= 0.3 is 0 Å². The summed E-state index contributed by atoms with van der Waals surface area (Å²) in [6.45, 7) is 10.2. The first-order valence-electron chi connectivity index (χ1n) is 7.86. The van der Waals surface area contributed by atoms with E-state index in [1.807, 2.05) is 12.3 Å². The first-order valence-corrected chi connectivity index (χ1v) is 7.86. The van der Waals surface area contributed by atoms with Crippen molar-refractivity contribution < 1.29 is 4.74 Å². The number of likely N-dealkylation sites (N-methyl/N-ethyl adjacent to an activating group) is 1. The van der Waals surface area contributed by atoms with Crippen LogP contribution in [0.1, 0.15) is 45.7 Å². The van der Waals surface area contributed by atoms with Gasteiger partial charge in [-0.25, -0.2) is 0 Å². The third-order valence-corrected chi connectivity index (χ3v) is 4.16. The van der Waals surface area contributed by atoms with Gasteiger partial charge in [0.15, 0.2) is 0 Å². The topological polar surface area (TPSA) is 34.2 Å². The fourth-order valence-corrected chi connectivity index (χ4v) is 2.88. The number of rotatable bonds is 7. The normalized spacial score (nSPS) is 15.8. The number of nitrogens with one attached hydrogen (secondary N) is 1. The van der Waals surface area contributed by atoms with E-state index in [2.05, 4.69) is 62.3 Å². The minimum absolute atomic E-state index is 0.178. The fourth-order valence-electron chi connectivity index (χ4n) is 2.88. The molecule has 2 atom stereocenters. The highest BCUT2D eigenvalue weighted by Crippen LogP contribution is 2.33. The average Bonchev–Trinajstić information content (AvgIpc) is 2.52. The molecule has 1 heterocycles. The van der Waals surface area contributed by atoms with Gasteiger partial charge in [-0.15, -0.1) is 0 Å². The third kappa shape index (κ3) is 3.42. The van der Waals surface area contributed by atoms with Crippen LogP contribution in [0.4, 0.5) is 0 Å². The molecule has 1 N–H and O–H groups in total. The molecule has 0 spiro atoms. The Morgan fingerprint density at radius 3 is 2.71 bits per heavy atom. The lowest BCUT2D eigenvalue weighted by molar-refractivity contribution is -0.0559. The predicted octanol–water partition coefficient (Wildman–Crippen LogP) is 4.09. The molecule has 1 aromatic heterocycles. The van der Waals surface area contributed by atoms with E-state index in [1.54, 1.807) is 0 Å². The maximum absolute atomic E-state index is 6.08. The van der Waals surface area contributed by atoms with E-state index >= 15 is 0 Å². The number of benzene rings is 1. The third-order valence-electron chi connectivity index (χ3n) is 4.16. The Bertz CT molecular complexity index is 584. The summed E-state index contributed by atoms with van der Waals surface area (Å²) in [5.41, 5.74) is 2.09. The van der Waals surface area contributed by atoms with Crippen molar-refractivity contribution in [3.8, 4) is 0 Å². The molecule has 0 amide bonds. The lowest BCUT2D eigenvalue weighted by atomic mass is 9.87. The highest BCUT2D eigenvalue weighted by Gasteiger charge is 2.34. The van der Waals surface area contributed by atoms with Gasteiger partial charge in [0, 0.05) is 18.2 Å². The van der Waals surface area contributed by atoms with Crippen LogP contribution >= 0.6 is 0 Å². The maximum Gasteiger partial charge on any atom is 0.0845 e.